The molecule has 14 heavy (non-hydrogen) atoms. The fraction of sp³-hybridized carbons (Fsp3) is 0.182. The van der Waals surface area contributed by atoms with Gasteiger partial charge >= 0.3 is 5.97 Å². The molecule has 0 amide bonds. The lowest BCUT2D eigenvalue weighted by atomic mass is 10.1. The maximum Gasteiger partial charge on any atom is 0.311 e. The molecule has 0 aliphatic carbocycles. The Morgan fingerprint density at radius 3 is 2.57 bits per heavy atom. The lowest BCUT2D eigenvalue weighted by Crippen LogP contribution is -2.07. The van der Waals surface area contributed by atoms with Gasteiger partial charge < -0.3 is 4.74 Å². The molecule has 1 aliphatic rings. The Labute approximate surface area is 81.0 Å². The molecule has 0 spiro atoms. The van der Waals surface area contributed by atoms with E-state index >= 15 is 0 Å². The van der Waals surface area contributed by atoms with Gasteiger partial charge in [0.05, 0.1) is 0 Å². The number of carbonyl (C=O) groups is 1. The Kier molecular flexibility index (Phi) is 2.31. The first-order valence-corrected chi connectivity index (χ1v) is 4.42. The number of rotatable bonds is 1. The van der Waals surface area contributed by atoms with Crippen LogP contribution in [0, 0.1) is 5.82 Å². The first-order valence-electron chi connectivity index (χ1n) is 4.42. The number of carbonyl (C=O) groups excluding carboxylic acids is 1. The highest BCUT2D eigenvalue weighted by Gasteiger charge is 2.13. The van der Waals surface area contributed by atoms with Crippen LogP contribution in [0.5, 0.6) is 0 Å². The molecule has 1 aliphatic heterocycles. The van der Waals surface area contributed by atoms with E-state index in [0.29, 0.717) is 18.6 Å². The SMILES string of the molecule is O=C1CCC=C(c2ccc(F)cc2)O1. The van der Waals surface area contributed by atoms with Gasteiger partial charge in [-0.15, -0.1) is 0 Å². The first kappa shape index (κ1) is 8.94. The third-order valence-corrected chi connectivity index (χ3v) is 2.03. The molecule has 2 nitrogen and oxygen atoms in total. The van der Waals surface area contributed by atoms with E-state index in [9.17, 15) is 9.18 Å². The lowest BCUT2D eigenvalue weighted by molar-refractivity contribution is -0.137. The van der Waals surface area contributed by atoms with Crippen LogP contribution >= 0.6 is 0 Å². The largest absolute Gasteiger partial charge is 0.426 e. The number of ether oxygens (including phenoxy) is 1. The molecule has 72 valence electrons. The van der Waals surface area contributed by atoms with Crippen LogP contribution in [0.1, 0.15) is 18.4 Å². The highest BCUT2D eigenvalue weighted by molar-refractivity contribution is 5.80. The fourth-order valence-electron chi connectivity index (χ4n) is 1.33. The zero-order valence-electron chi connectivity index (χ0n) is 7.50. The quantitative estimate of drug-likeness (QED) is 0.639. The van der Waals surface area contributed by atoms with Crippen molar-refractivity contribution >= 4 is 11.7 Å². The summed E-state index contributed by atoms with van der Waals surface area (Å²) in [6.45, 7) is 0. The van der Waals surface area contributed by atoms with Gasteiger partial charge in [0.1, 0.15) is 11.6 Å². The maximum atomic E-state index is 12.6. The summed E-state index contributed by atoms with van der Waals surface area (Å²) >= 11 is 0. The molecule has 1 aromatic carbocycles. The fourth-order valence-corrected chi connectivity index (χ4v) is 1.33. The summed E-state index contributed by atoms with van der Waals surface area (Å²) in [7, 11) is 0. The van der Waals surface area contributed by atoms with Crippen molar-refractivity contribution in [1.82, 2.24) is 0 Å². The smallest absolute Gasteiger partial charge is 0.311 e. The predicted molar refractivity (Wildman–Crippen MR) is 49.7 cm³/mol. The van der Waals surface area contributed by atoms with Gasteiger partial charge in [0.25, 0.3) is 0 Å². The van der Waals surface area contributed by atoms with E-state index in [0.717, 1.165) is 5.56 Å². The molecule has 3 heteroatoms. The van der Waals surface area contributed by atoms with Crippen molar-refractivity contribution in [2.45, 2.75) is 12.8 Å². The molecule has 2 rings (SSSR count). The molecule has 0 aromatic heterocycles. The van der Waals surface area contributed by atoms with Gasteiger partial charge in [-0.2, -0.15) is 0 Å². The molecule has 1 heterocycles. The van der Waals surface area contributed by atoms with Gasteiger partial charge in [-0.25, -0.2) is 4.39 Å². The molecule has 1 aromatic rings. The summed E-state index contributed by atoms with van der Waals surface area (Å²) in [5.74, 6) is 0.00422. The maximum absolute atomic E-state index is 12.6. The van der Waals surface area contributed by atoms with E-state index in [4.69, 9.17) is 4.74 Å². The van der Waals surface area contributed by atoms with Crippen LogP contribution < -0.4 is 0 Å². The van der Waals surface area contributed by atoms with Crippen LogP contribution in [0.3, 0.4) is 0 Å². The van der Waals surface area contributed by atoms with Crippen molar-refractivity contribution in [3.63, 3.8) is 0 Å². The molecular formula is C11H9FO2. The number of benzene rings is 1. The van der Waals surface area contributed by atoms with Gasteiger partial charge in [0.15, 0.2) is 0 Å². The highest BCUT2D eigenvalue weighted by atomic mass is 19.1. The zero-order valence-corrected chi connectivity index (χ0v) is 7.50. The lowest BCUT2D eigenvalue weighted by Gasteiger charge is -2.12. The second kappa shape index (κ2) is 3.62. The standard InChI is InChI=1S/C11H9FO2/c12-9-6-4-8(5-7-9)10-2-1-3-11(13)14-10/h2,4-7H,1,3H2. The monoisotopic (exact) mass is 192 g/mol. The molecule has 0 N–H and O–H groups in total. The summed E-state index contributed by atoms with van der Waals surface area (Å²) in [6, 6.07) is 5.89. The molecule has 0 radical (unpaired) electrons. The number of allylic oxidation sites excluding steroid dienone is 1. The molecule has 0 unspecified atom stereocenters. The number of hydrogen-bond donors (Lipinski definition) is 0. The van der Waals surface area contributed by atoms with E-state index in [1.807, 2.05) is 6.08 Å². The van der Waals surface area contributed by atoms with E-state index in [-0.39, 0.29) is 11.8 Å². The molecule has 0 saturated carbocycles. The molecule has 0 saturated heterocycles. The van der Waals surface area contributed by atoms with Crippen molar-refractivity contribution in [3.05, 3.63) is 41.7 Å². The van der Waals surface area contributed by atoms with Crippen LogP contribution in [0.15, 0.2) is 30.3 Å². The van der Waals surface area contributed by atoms with E-state index in [2.05, 4.69) is 0 Å². The van der Waals surface area contributed by atoms with Crippen molar-refractivity contribution in [1.29, 1.82) is 0 Å². The Morgan fingerprint density at radius 2 is 1.93 bits per heavy atom. The molecule has 0 fully saturated rings. The average molecular weight is 192 g/mol. The summed E-state index contributed by atoms with van der Waals surface area (Å²) < 4.78 is 17.6. The molecule has 0 atom stereocenters. The van der Waals surface area contributed by atoms with Crippen LogP contribution in [-0.2, 0) is 9.53 Å². The summed E-state index contributed by atoms with van der Waals surface area (Å²) in [5.41, 5.74) is 0.736. The Hall–Kier alpha value is -1.64. The summed E-state index contributed by atoms with van der Waals surface area (Å²) in [5, 5.41) is 0. The second-order valence-corrected chi connectivity index (χ2v) is 3.09. The van der Waals surface area contributed by atoms with Crippen LogP contribution in [0.2, 0.25) is 0 Å². The summed E-state index contributed by atoms with van der Waals surface area (Å²) in [6.07, 6.45) is 2.95. The Morgan fingerprint density at radius 1 is 1.21 bits per heavy atom. The van der Waals surface area contributed by atoms with Gasteiger partial charge in [0.2, 0.25) is 0 Å². The van der Waals surface area contributed by atoms with E-state index in [1.54, 1.807) is 12.1 Å². The van der Waals surface area contributed by atoms with Gasteiger partial charge in [-0.1, -0.05) is 0 Å². The average Bonchev–Trinajstić information content (AvgIpc) is 2.19. The van der Waals surface area contributed by atoms with Crippen LogP contribution in [0.25, 0.3) is 5.76 Å². The Balaban J connectivity index is 2.26. The Bertz CT molecular complexity index is 379. The van der Waals surface area contributed by atoms with E-state index in [1.165, 1.54) is 12.1 Å². The van der Waals surface area contributed by atoms with Crippen LogP contribution in [0.4, 0.5) is 4.39 Å². The number of hydrogen-bond acceptors (Lipinski definition) is 2. The van der Waals surface area contributed by atoms with Gasteiger partial charge in [-0.3, -0.25) is 4.79 Å². The molecule has 0 bridgehead atoms. The summed E-state index contributed by atoms with van der Waals surface area (Å²) in [4.78, 5) is 11.0. The van der Waals surface area contributed by atoms with Gasteiger partial charge in [-0.05, 0) is 36.8 Å². The van der Waals surface area contributed by atoms with Crippen molar-refractivity contribution in [3.8, 4) is 0 Å². The normalized spacial score (nSPS) is 16.1. The highest BCUT2D eigenvalue weighted by Crippen LogP contribution is 2.22. The van der Waals surface area contributed by atoms with Crippen molar-refractivity contribution in [2.75, 3.05) is 0 Å². The second-order valence-electron chi connectivity index (χ2n) is 3.09. The minimum absolute atomic E-state index is 0.230. The first-order chi connectivity index (χ1) is 6.75. The number of cyclic esters (lactones) is 1. The van der Waals surface area contributed by atoms with E-state index < -0.39 is 0 Å². The minimum atomic E-state index is -0.295. The zero-order chi connectivity index (χ0) is 9.97. The third kappa shape index (κ3) is 1.82. The number of esters is 1. The van der Waals surface area contributed by atoms with Crippen molar-refractivity contribution in [2.24, 2.45) is 0 Å². The minimum Gasteiger partial charge on any atom is -0.426 e. The molecular weight excluding hydrogens is 183 g/mol. The van der Waals surface area contributed by atoms with Crippen molar-refractivity contribution < 1.29 is 13.9 Å². The predicted octanol–water partition coefficient (Wildman–Crippen LogP) is 2.50. The third-order valence-electron chi connectivity index (χ3n) is 2.03. The van der Waals surface area contributed by atoms with Crippen LogP contribution in [-0.4, -0.2) is 5.97 Å². The number of halogens is 1. The topological polar surface area (TPSA) is 26.3 Å². The van der Waals surface area contributed by atoms with Gasteiger partial charge in [0, 0.05) is 12.0 Å².